The number of hydrogen-bond acceptors (Lipinski definition) is 1. The summed E-state index contributed by atoms with van der Waals surface area (Å²) in [5.74, 6) is 1.83. The molecule has 1 saturated carbocycles. The second-order valence-electron chi connectivity index (χ2n) is 4.40. The molecule has 0 bridgehead atoms. The van der Waals surface area contributed by atoms with Gasteiger partial charge in [0.2, 0.25) is 0 Å². The number of rotatable bonds is 0. The molecule has 2 heteroatoms. The van der Waals surface area contributed by atoms with Gasteiger partial charge in [-0.05, 0) is 44.1 Å². The Labute approximate surface area is 93.6 Å². The largest absolute Gasteiger partial charge is 0.314 e. The fourth-order valence-electron chi connectivity index (χ4n) is 2.77. The van der Waals surface area contributed by atoms with Crippen molar-refractivity contribution >= 4 is 11.6 Å². The second kappa shape index (κ2) is 5.97. The average molecular weight is 218 g/mol. The number of hydrogen-bond donors (Lipinski definition) is 1. The summed E-state index contributed by atoms with van der Waals surface area (Å²) in [6.45, 7) is 7.60. The van der Waals surface area contributed by atoms with Crippen molar-refractivity contribution < 1.29 is 0 Å². The van der Waals surface area contributed by atoms with E-state index in [-0.39, 0.29) is 0 Å². The molecule has 0 aromatic carbocycles. The molecule has 2 rings (SSSR count). The van der Waals surface area contributed by atoms with E-state index in [0.717, 1.165) is 17.9 Å². The summed E-state index contributed by atoms with van der Waals surface area (Å²) in [6, 6.07) is 0.727. The van der Waals surface area contributed by atoms with Crippen LogP contribution in [0.15, 0.2) is 0 Å². The van der Waals surface area contributed by atoms with Crippen molar-refractivity contribution in [3.05, 3.63) is 0 Å². The molecule has 1 aliphatic heterocycles. The van der Waals surface area contributed by atoms with Crippen molar-refractivity contribution in [1.82, 2.24) is 5.32 Å². The summed E-state index contributed by atoms with van der Waals surface area (Å²) >= 11 is 6.14. The van der Waals surface area contributed by atoms with Crippen molar-refractivity contribution in [2.75, 3.05) is 6.54 Å². The van der Waals surface area contributed by atoms with Crippen LogP contribution in [0.4, 0.5) is 0 Å². The third-order valence-electron chi connectivity index (χ3n) is 3.58. The molecule has 2 fully saturated rings. The Morgan fingerprint density at radius 1 is 1.14 bits per heavy atom. The molecule has 4 atom stereocenters. The van der Waals surface area contributed by atoms with Gasteiger partial charge in [0.25, 0.3) is 0 Å². The van der Waals surface area contributed by atoms with Gasteiger partial charge in [-0.1, -0.05) is 20.8 Å². The van der Waals surface area contributed by atoms with E-state index in [1.165, 1.54) is 32.2 Å². The Bertz CT molecular complexity index is 160. The maximum absolute atomic E-state index is 6.14. The van der Waals surface area contributed by atoms with Gasteiger partial charge in [-0.25, -0.2) is 0 Å². The number of alkyl halides is 1. The topological polar surface area (TPSA) is 12.0 Å². The third-order valence-corrected chi connectivity index (χ3v) is 3.97. The number of piperidine rings is 1. The van der Waals surface area contributed by atoms with Crippen molar-refractivity contribution in [2.45, 2.75) is 57.9 Å². The highest BCUT2D eigenvalue weighted by Gasteiger charge is 2.34. The lowest BCUT2D eigenvalue weighted by Gasteiger charge is -2.42. The third kappa shape index (κ3) is 2.87. The van der Waals surface area contributed by atoms with E-state index in [0.29, 0.717) is 5.38 Å². The highest BCUT2D eigenvalue weighted by molar-refractivity contribution is 6.20. The fourth-order valence-corrected chi connectivity index (χ4v) is 3.09. The predicted molar refractivity (Wildman–Crippen MR) is 63.9 cm³/mol. The maximum atomic E-state index is 6.14. The Morgan fingerprint density at radius 2 is 1.86 bits per heavy atom. The minimum absolute atomic E-state index is 0.434. The van der Waals surface area contributed by atoms with Crippen LogP contribution in [0.25, 0.3) is 0 Å². The molecule has 14 heavy (non-hydrogen) atoms. The van der Waals surface area contributed by atoms with Crippen LogP contribution in [0.1, 0.15) is 46.5 Å². The van der Waals surface area contributed by atoms with Crippen LogP contribution in [0.2, 0.25) is 0 Å². The van der Waals surface area contributed by atoms with Crippen LogP contribution < -0.4 is 5.32 Å². The van der Waals surface area contributed by atoms with Crippen LogP contribution >= 0.6 is 11.6 Å². The van der Waals surface area contributed by atoms with Gasteiger partial charge in [0.05, 0.1) is 0 Å². The minimum atomic E-state index is 0.434. The molecular weight excluding hydrogens is 194 g/mol. The summed E-state index contributed by atoms with van der Waals surface area (Å²) in [5, 5.41) is 4.03. The van der Waals surface area contributed by atoms with Crippen molar-refractivity contribution in [3.8, 4) is 0 Å². The molecule has 0 aromatic rings. The van der Waals surface area contributed by atoms with Crippen LogP contribution in [0.3, 0.4) is 0 Å². The zero-order chi connectivity index (χ0) is 10.6. The first-order chi connectivity index (χ1) is 6.77. The summed E-state index contributed by atoms with van der Waals surface area (Å²) in [4.78, 5) is 0. The SMILES string of the molecule is CC.CC1CCNC2CC(Cl)CCC12. The number of fused-ring (bicyclic) bond motifs is 1. The zero-order valence-electron chi connectivity index (χ0n) is 9.72. The highest BCUT2D eigenvalue weighted by Crippen LogP contribution is 2.36. The molecule has 4 unspecified atom stereocenters. The molecule has 2 aliphatic rings. The second-order valence-corrected chi connectivity index (χ2v) is 5.02. The normalized spacial score (nSPS) is 42.0. The first-order valence-corrected chi connectivity index (χ1v) is 6.58. The Kier molecular flexibility index (Phi) is 5.25. The van der Waals surface area contributed by atoms with Gasteiger partial charge in [-0.3, -0.25) is 0 Å². The van der Waals surface area contributed by atoms with E-state index < -0.39 is 0 Å². The van der Waals surface area contributed by atoms with Crippen LogP contribution in [0.5, 0.6) is 0 Å². The van der Waals surface area contributed by atoms with E-state index in [2.05, 4.69) is 12.2 Å². The molecule has 1 aliphatic carbocycles. The minimum Gasteiger partial charge on any atom is -0.314 e. The van der Waals surface area contributed by atoms with E-state index in [1.807, 2.05) is 13.8 Å². The van der Waals surface area contributed by atoms with Crippen molar-refractivity contribution in [2.24, 2.45) is 11.8 Å². The maximum Gasteiger partial charge on any atom is 0.0351 e. The molecule has 0 aromatic heterocycles. The monoisotopic (exact) mass is 217 g/mol. The summed E-state index contributed by atoms with van der Waals surface area (Å²) in [6.07, 6.45) is 5.12. The van der Waals surface area contributed by atoms with Gasteiger partial charge in [-0.2, -0.15) is 0 Å². The Balaban J connectivity index is 0.000000461. The molecule has 1 N–H and O–H groups in total. The predicted octanol–water partition coefficient (Wildman–Crippen LogP) is 3.42. The van der Waals surface area contributed by atoms with Gasteiger partial charge in [0.15, 0.2) is 0 Å². The molecule has 0 spiro atoms. The van der Waals surface area contributed by atoms with E-state index >= 15 is 0 Å². The molecule has 1 nitrogen and oxygen atoms in total. The van der Waals surface area contributed by atoms with E-state index in [4.69, 9.17) is 11.6 Å². The molecule has 0 radical (unpaired) electrons. The van der Waals surface area contributed by atoms with Gasteiger partial charge in [-0.15, -0.1) is 11.6 Å². The van der Waals surface area contributed by atoms with Crippen molar-refractivity contribution in [1.29, 1.82) is 0 Å². The Morgan fingerprint density at radius 3 is 2.57 bits per heavy atom. The summed E-state index contributed by atoms with van der Waals surface area (Å²) in [5.41, 5.74) is 0. The number of nitrogens with one attached hydrogen (secondary N) is 1. The van der Waals surface area contributed by atoms with Gasteiger partial charge in [0, 0.05) is 11.4 Å². The lowest BCUT2D eigenvalue weighted by Crippen LogP contribution is -2.48. The molecule has 84 valence electrons. The van der Waals surface area contributed by atoms with Crippen LogP contribution in [-0.4, -0.2) is 18.0 Å². The molecule has 0 amide bonds. The van der Waals surface area contributed by atoms with Gasteiger partial charge >= 0.3 is 0 Å². The zero-order valence-corrected chi connectivity index (χ0v) is 10.5. The van der Waals surface area contributed by atoms with Crippen molar-refractivity contribution in [3.63, 3.8) is 0 Å². The summed E-state index contributed by atoms with van der Waals surface area (Å²) in [7, 11) is 0. The van der Waals surface area contributed by atoms with E-state index in [9.17, 15) is 0 Å². The summed E-state index contributed by atoms with van der Waals surface area (Å²) < 4.78 is 0. The lowest BCUT2D eigenvalue weighted by atomic mass is 9.73. The van der Waals surface area contributed by atoms with E-state index in [1.54, 1.807) is 0 Å². The standard InChI is InChI=1S/C10H18ClN.C2H6/c1-7-4-5-12-10-6-8(11)2-3-9(7)10;1-2/h7-10,12H,2-6H2,1H3;1-2H3. The molecule has 1 saturated heterocycles. The average Bonchev–Trinajstić information content (AvgIpc) is 2.21. The Hall–Kier alpha value is 0.250. The van der Waals surface area contributed by atoms with Crippen LogP contribution in [-0.2, 0) is 0 Å². The quantitative estimate of drug-likeness (QED) is 0.614. The number of halogens is 1. The first kappa shape index (κ1) is 12.3. The highest BCUT2D eigenvalue weighted by atomic mass is 35.5. The smallest absolute Gasteiger partial charge is 0.0351 e. The first-order valence-electron chi connectivity index (χ1n) is 6.15. The fraction of sp³-hybridized carbons (Fsp3) is 1.00. The molecule has 1 heterocycles. The molecular formula is C12H24ClN. The lowest BCUT2D eigenvalue weighted by molar-refractivity contribution is 0.153. The van der Waals surface area contributed by atoms with Crippen LogP contribution in [0, 0.1) is 11.8 Å². The van der Waals surface area contributed by atoms with Gasteiger partial charge in [0.1, 0.15) is 0 Å². The van der Waals surface area contributed by atoms with Gasteiger partial charge < -0.3 is 5.32 Å².